The van der Waals surface area contributed by atoms with Crippen molar-refractivity contribution in [3.05, 3.63) is 0 Å². The minimum atomic E-state index is -1.10. The van der Waals surface area contributed by atoms with E-state index < -0.39 is 47.5 Å². The maximum atomic E-state index is 11.5. The number of cyclic esters (lactones) is 4. The maximum Gasteiger partial charge on any atom is 0.328 e. The van der Waals surface area contributed by atoms with E-state index in [2.05, 4.69) is 9.47 Å². The molecular formula is C10H8O6. The average molecular weight is 224 g/mol. The average Bonchev–Trinajstić information content (AvgIpc) is 2.56. The molecule has 84 valence electrons. The lowest BCUT2D eigenvalue weighted by Crippen LogP contribution is -2.45. The van der Waals surface area contributed by atoms with Crippen LogP contribution in [-0.4, -0.2) is 23.9 Å². The molecule has 2 aliphatic heterocycles. The van der Waals surface area contributed by atoms with E-state index in [1.165, 1.54) is 0 Å². The fraction of sp³-hybridized carbons (Fsp3) is 0.600. The zero-order chi connectivity index (χ0) is 11.4. The molecule has 2 heterocycles. The summed E-state index contributed by atoms with van der Waals surface area (Å²) in [6.45, 7) is 0. The summed E-state index contributed by atoms with van der Waals surface area (Å²) >= 11 is 0. The van der Waals surface area contributed by atoms with E-state index in [4.69, 9.17) is 0 Å². The summed E-state index contributed by atoms with van der Waals surface area (Å²) in [6.07, 6.45) is 0.681. The van der Waals surface area contributed by atoms with Crippen LogP contribution in [0.2, 0.25) is 0 Å². The van der Waals surface area contributed by atoms with Gasteiger partial charge in [0.15, 0.2) is 5.92 Å². The third-order valence-corrected chi connectivity index (χ3v) is 3.59. The number of carbonyl (C=O) groups is 4. The van der Waals surface area contributed by atoms with Gasteiger partial charge in [-0.2, -0.15) is 0 Å². The van der Waals surface area contributed by atoms with E-state index in [0.29, 0.717) is 12.8 Å². The molecular weight excluding hydrogens is 216 g/mol. The van der Waals surface area contributed by atoms with Crippen LogP contribution in [0, 0.1) is 23.7 Å². The zero-order valence-corrected chi connectivity index (χ0v) is 8.17. The van der Waals surface area contributed by atoms with Crippen molar-refractivity contribution < 1.29 is 28.7 Å². The standard InChI is InChI=1S/C10H8O6/c11-7-3-1-4-5(2-3)8(12)16-10(14)6(4)9(13)15-7/h3-6H,1-2H2. The Morgan fingerprint density at radius 3 is 2.12 bits per heavy atom. The van der Waals surface area contributed by atoms with E-state index >= 15 is 0 Å². The molecule has 6 heteroatoms. The molecule has 2 bridgehead atoms. The number of hydrogen-bond donors (Lipinski definition) is 0. The van der Waals surface area contributed by atoms with Gasteiger partial charge < -0.3 is 9.47 Å². The van der Waals surface area contributed by atoms with Crippen LogP contribution in [0.25, 0.3) is 0 Å². The molecule has 0 amide bonds. The van der Waals surface area contributed by atoms with Gasteiger partial charge in [-0.25, -0.2) is 0 Å². The van der Waals surface area contributed by atoms with Gasteiger partial charge in [0.1, 0.15) is 0 Å². The second-order valence-electron chi connectivity index (χ2n) is 4.40. The van der Waals surface area contributed by atoms with Crippen molar-refractivity contribution in [3.63, 3.8) is 0 Å². The summed E-state index contributed by atoms with van der Waals surface area (Å²) < 4.78 is 9.05. The summed E-state index contributed by atoms with van der Waals surface area (Å²) in [5, 5.41) is 0. The summed E-state index contributed by atoms with van der Waals surface area (Å²) in [6, 6.07) is 0. The Hall–Kier alpha value is -1.72. The second-order valence-corrected chi connectivity index (χ2v) is 4.40. The number of carbonyl (C=O) groups excluding carboxylic acids is 4. The molecule has 1 saturated carbocycles. The molecule has 6 nitrogen and oxygen atoms in total. The van der Waals surface area contributed by atoms with Crippen LogP contribution in [0.4, 0.5) is 0 Å². The number of rotatable bonds is 0. The number of ether oxygens (including phenoxy) is 2. The Morgan fingerprint density at radius 2 is 1.44 bits per heavy atom. The highest BCUT2D eigenvalue weighted by molar-refractivity contribution is 6.06. The first-order valence-electron chi connectivity index (χ1n) is 5.09. The minimum absolute atomic E-state index is 0.319. The second kappa shape index (κ2) is 2.90. The molecule has 0 N–H and O–H groups in total. The van der Waals surface area contributed by atoms with Crippen molar-refractivity contribution in [2.75, 3.05) is 0 Å². The van der Waals surface area contributed by atoms with Gasteiger partial charge in [0.2, 0.25) is 0 Å². The molecule has 3 rings (SSSR count). The fourth-order valence-electron chi connectivity index (χ4n) is 2.83. The van der Waals surface area contributed by atoms with E-state index in [9.17, 15) is 19.2 Å². The van der Waals surface area contributed by atoms with Gasteiger partial charge in [0.25, 0.3) is 0 Å². The number of hydrogen-bond acceptors (Lipinski definition) is 6. The molecule has 0 radical (unpaired) electrons. The van der Waals surface area contributed by atoms with Gasteiger partial charge in [-0.05, 0) is 18.8 Å². The van der Waals surface area contributed by atoms with E-state index in [1.54, 1.807) is 0 Å². The van der Waals surface area contributed by atoms with E-state index in [-0.39, 0.29) is 0 Å². The Labute approximate surface area is 89.9 Å². The summed E-state index contributed by atoms with van der Waals surface area (Å²) in [7, 11) is 0. The Morgan fingerprint density at radius 1 is 0.812 bits per heavy atom. The van der Waals surface area contributed by atoms with Gasteiger partial charge in [-0.15, -0.1) is 0 Å². The minimum Gasteiger partial charge on any atom is -0.392 e. The molecule has 0 spiro atoms. The molecule has 4 atom stereocenters. The Balaban J connectivity index is 2.06. The highest BCUT2D eigenvalue weighted by atomic mass is 16.6. The van der Waals surface area contributed by atoms with Gasteiger partial charge in [0.05, 0.1) is 11.8 Å². The molecule has 3 aliphatic rings. The molecule has 4 unspecified atom stereocenters. The SMILES string of the molecule is O=C1OC(=O)C2C(=O)OC(=O)C3CC1CC32. The van der Waals surface area contributed by atoms with Crippen LogP contribution in [-0.2, 0) is 28.7 Å². The van der Waals surface area contributed by atoms with Crippen LogP contribution in [0.3, 0.4) is 0 Å². The Bertz CT molecular complexity index is 423. The molecule has 16 heavy (non-hydrogen) atoms. The van der Waals surface area contributed by atoms with Crippen molar-refractivity contribution in [1.82, 2.24) is 0 Å². The highest BCUT2D eigenvalue weighted by Crippen LogP contribution is 2.47. The van der Waals surface area contributed by atoms with Crippen molar-refractivity contribution in [2.45, 2.75) is 12.8 Å². The summed E-state index contributed by atoms with van der Waals surface area (Å²) in [4.78, 5) is 45.7. The first kappa shape index (κ1) is 9.50. The lowest BCUT2D eigenvalue weighted by Gasteiger charge is -2.28. The Kier molecular flexibility index (Phi) is 1.72. The molecule has 0 aromatic carbocycles. The topological polar surface area (TPSA) is 86.7 Å². The number of fused-ring (bicyclic) bond motifs is 1. The van der Waals surface area contributed by atoms with E-state index in [0.717, 1.165) is 0 Å². The van der Waals surface area contributed by atoms with E-state index in [1.807, 2.05) is 0 Å². The van der Waals surface area contributed by atoms with Crippen LogP contribution in [0.5, 0.6) is 0 Å². The van der Waals surface area contributed by atoms with Crippen LogP contribution < -0.4 is 0 Å². The van der Waals surface area contributed by atoms with Crippen molar-refractivity contribution in [2.24, 2.45) is 23.7 Å². The lowest BCUT2D eigenvalue weighted by molar-refractivity contribution is -0.182. The number of esters is 4. The van der Waals surface area contributed by atoms with Crippen LogP contribution >= 0.6 is 0 Å². The summed E-state index contributed by atoms with van der Waals surface area (Å²) in [5.74, 6) is -5.48. The lowest BCUT2D eigenvalue weighted by atomic mass is 9.82. The predicted molar refractivity (Wildman–Crippen MR) is 45.4 cm³/mol. The largest absolute Gasteiger partial charge is 0.392 e. The van der Waals surface area contributed by atoms with Gasteiger partial charge in [-0.1, -0.05) is 0 Å². The quantitative estimate of drug-likeness (QED) is 0.404. The molecule has 1 aliphatic carbocycles. The molecule has 0 aromatic rings. The van der Waals surface area contributed by atoms with Crippen molar-refractivity contribution in [3.8, 4) is 0 Å². The first-order chi connectivity index (χ1) is 7.58. The van der Waals surface area contributed by atoms with Gasteiger partial charge >= 0.3 is 23.9 Å². The first-order valence-corrected chi connectivity index (χ1v) is 5.09. The normalized spacial score (nSPS) is 41.5. The van der Waals surface area contributed by atoms with Crippen LogP contribution in [0.1, 0.15) is 12.8 Å². The predicted octanol–water partition coefficient (Wildman–Crippen LogP) is -0.588. The fourth-order valence-corrected chi connectivity index (χ4v) is 2.83. The maximum absolute atomic E-state index is 11.5. The van der Waals surface area contributed by atoms with Crippen LogP contribution in [0.15, 0.2) is 0 Å². The third-order valence-electron chi connectivity index (χ3n) is 3.59. The molecule has 2 saturated heterocycles. The van der Waals surface area contributed by atoms with Gasteiger partial charge in [-0.3, -0.25) is 19.2 Å². The molecule has 3 fully saturated rings. The third kappa shape index (κ3) is 1.07. The van der Waals surface area contributed by atoms with Crippen molar-refractivity contribution in [1.29, 1.82) is 0 Å². The smallest absolute Gasteiger partial charge is 0.328 e. The van der Waals surface area contributed by atoms with Gasteiger partial charge in [0, 0.05) is 0 Å². The summed E-state index contributed by atoms with van der Waals surface area (Å²) in [5.41, 5.74) is 0. The highest BCUT2D eigenvalue weighted by Gasteiger charge is 2.58. The monoisotopic (exact) mass is 224 g/mol. The molecule has 0 aromatic heterocycles. The zero-order valence-electron chi connectivity index (χ0n) is 8.17. The van der Waals surface area contributed by atoms with Crippen molar-refractivity contribution >= 4 is 23.9 Å².